The van der Waals surface area contributed by atoms with E-state index in [2.05, 4.69) is 37.9 Å². The molecule has 0 amide bonds. The molecule has 15 heavy (non-hydrogen) atoms. The zero-order chi connectivity index (χ0) is 11.1. The minimum Gasteiger partial charge on any atom is -0.311 e. The van der Waals surface area contributed by atoms with E-state index >= 15 is 0 Å². The van der Waals surface area contributed by atoms with E-state index < -0.39 is 0 Å². The van der Waals surface area contributed by atoms with E-state index in [1.54, 1.807) is 0 Å². The van der Waals surface area contributed by atoms with Gasteiger partial charge in [0, 0.05) is 31.7 Å². The molecular formula is C13H26N2. The molecule has 2 atom stereocenters. The summed E-state index contributed by atoms with van der Waals surface area (Å²) >= 11 is 0. The summed E-state index contributed by atoms with van der Waals surface area (Å²) in [5.41, 5.74) is 0.405. The maximum absolute atomic E-state index is 3.62. The summed E-state index contributed by atoms with van der Waals surface area (Å²) < 4.78 is 0. The van der Waals surface area contributed by atoms with Crippen molar-refractivity contribution in [2.75, 3.05) is 19.6 Å². The number of hydrogen-bond donors (Lipinski definition) is 1. The third kappa shape index (κ3) is 2.94. The molecule has 1 saturated carbocycles. The van der Waals surface area contributed by atoms with Crippen molar-refractivity contribution in [3.63, 3.8) is 0 Å². The van der Waals surface area contributed by atoms with E-state index in [9.17, 15) is 0 Å². The largest absolute Gasteiger partial charge is 0.311 e. The molecular weight excluding hydrogens is 184 g/mol. The lowest BCUT2D eigenvalue weighted by atomic mass is 9.84. The monoisotopic (exact) mass is 210 g/mol. The van der Waals surface area contributed by atoms with Crippen molar-refractivity contribution in [1.82, 2.24) is 10.2 Å². The van der Waals surface area contributed by atoms with E-state index in [0.29, 0.717) is 17.5 Å². The third-order valence-electron chi connectivity index (χ3n) is 3.80. The Morgan fingerprint density at radius 3 is 2.47 bits per heavy atom. The molecule has 1 saturated heterocycles. The van der Waals surface area contributed by atoms with Crippen LogP contribution < -0.4 is 5.32 Å². The van der Waals surface area contributed by atoms with Gasteiger partial charge in [-0.05, 0) is 31.1 Å². The Kier molecular flexibility index (Phi) is 3.09. The van der Waals surface area contributed by atoms with Crippen LogP contribution in [0.2, 0.25) is 0 Å². The van der Waals surface area contributed by atoms with Gasteiger partial charge >= 0.3 is 0 Å². The summed E-state index contributed by atoms with van der Waals surface area (Å²) in [6, 6.07) is 1.39. The highest BCUT2D eigenvalue weighted by Crippen LogP contribution is 2.33. The van der Waals surface area contributed by atoms with Gasteiger partial charge in [0.25, 0.3) is 0 Å². The molecule has 2 rings (SSSR count). The van der Waals surface area contributed by atoms with Crippen LogP contribution in [0.15, 0.2) is 0 Å². The minimum absolute atomic E-state index is 0.405. The summed E-state index contributed by atoms with van der Waals surface area (Å²) in [6.07, 6.45) is 2.93. The lowest BCUT2D eigenvalue weighted by Gasteiger charge is -2.46. The van der Waals surface area contributed by atoms with E-state index in [-0.39, 0.29) is 0 Å². The second kappa shape index (κ2) is 4.06. The molecule has 1 N–H and O–H groups in total. The Morgan fingerprint density at radius 1 is 1.27 bits per heavy atom. The van der Waals surface area contributed by atoms with Gasteiger partial charge < -0.3 is 5.32 Å². The van der Waals surface area contributed by atoms with Crippen LogP contribution in [0.3, 0.4) is 0 Å². The van der Waals surface area contributed by atoms with Crippen LogP contribution in [0.5, 0.6) is 0 Å². The van der Waals surface area contributed by atoms with Gasteiger partial charge in [-0.25, -0.2) is 0 Å². The predicted molar refractivity (Wildman–Crippen MR) is 65.0 cm³/mol. The molecule has 88 valence electrons. The Hall–Kier alpha value is -0.0800. The first kappa shape index (κ1) is 11.4. The highest BCUT2D eigenvalue weighted by Gasteiger charge is 2.36. The first-order chi connectivity index (χ1) is 6.97. The first-order valence-corrected chi connectivity index (χ1v) is 6.44. The van der Waals surface area contributed by atoms with Crippen molar-refractivity contribution in [3.8, 4) is 0 Å². The summed E-state index contributed by atoms with van der Waals surface area (Å²) in [7, 11) is 0. The van der Waals surface area contributed by atoms with E-state index in [1.165, 1.54) is 25.9 Å². The Balaban J connectivity index is 1.98. The fourth-order valence-corrected chi connectivity index (χ4v) is 2.67. The van der Waals surface area contributed by atoms with E-state index in [1.807, 2.05) is 0 Å². The number of rotatable bonds is 2. The van der Waals surface area contributed by atoms with Gasteiger partial charge in [0.15, 0.2) is 0 Å². The van der Waals surface area contributed by atoms with Crippen molar-refractivity contribution in [3.05, 3.63) is 0 Å². The van der Waals surface area contributed by atoms with Crippen LogP contribution in [-0.2, 0) is 0 Å². The predicted octanol–water partition coefficient (Wildman–Crippen LogP) is 2.10. The summed E-state index contributed by atoms with van der Waals surface area (Å²) in [5.74, 6) is 1.01. The highest BCUT2D eigenvalue weighted by atomic mass is 15.2. The molecule has 2 nitrogen and oxygen atoms in total. The lowest BCUT2D eigenvalue weighted by molar-refractivity contribution is 0.0552. The standard InChI is InChI=1S/C13H26N2/c1-10-8-15(9-11-5-6-11)12(7-14-10)13(2,3)4/h10-12,14H,5-9H2,1-4H3. The first-order valence-electron chi connectivity index (χ1n) is 6.44. The fourth-order valence-electron chi connectivity index (χ4n) is 2.67. The zero-order valence-corrected chi connectivity index (χ0v) is 10.7. The Bertz CT molecular complexity index is 213. The van der Waals surface area contributed by atoms with Crippen molar-refractivity contribution >= 4 is 0 Å². The smallest absolute Gasteiger partial charge is 0.0269 e. The van der Waals surface area contributed by atoms with Crippen molar-refractivity contribution in [1.29, 1.82) is 0 Å². The Labute approximate surface area is 94.4 Å². The highest BCUT2D eigenvalue weighted by molar-refractivity contribution is 4.93. The number of nitrogens with zero attached hydrogens (tertiary/aromatic N) is 1. The van der Waals surface area contributed by atoms with Crippen molar-refractivity contribution in [2.24, 2.45) is 11.3 Å². The molecule has 0 aromatic carbocycles. The number of piperazine rings is 1. The van der Waals surface area contributed by atoms with Crippen molar-refractivity contribution in [2.45, 2.75) is 52.6 Å². The molecule has 2 aliphatic rings. The average Bonchev–Trinajstić information content (AvgIpc) is 2.85. The van der Waals surface area contributed by atoms with E-state index in [0.717, 1.165) is 12.5 Å². The van der Waals surface area contributed by atoms with Crippen LogP contribution in [0.4, 0.5) is 0 Å². The molecule has 2 heteroatoms. The molecule has 0 aromatic heterocycles. The molecule has 1 heterocycles. The van der Waals surface area contributed by atoms with E-state index in [4.69, 9.17) is 0 Å². The second-order valence-electron chi connectivity index (χ2n) is 6.59. The van der Waals surface area contributed by atoms with Gasteiger partial charge in [0.05, 0.1) is 0 Å². The molecule has 2 unspecified atom stereocenters. The van der Waals surface area contributed by atoms with Crippen LogP contribution in [0.1, 0.15) is 40.5 Å². The number of hydrogen-bond acceptors (Lipinski definition) is 2. The van der Waals surface area contributed by atoms with Crippen LogP contribution in [0.25, 0.3) is 0 Å². The normalized spacial score (nSPS) is 34.4. The van der Waals surface area contributed by atoms with Gasteiger partial charge in [-0.2, -0.15) is 0 Å². The molecule has 0 radical (unpaired) electrons. The maximum atomic E-state index is 3.62. The summed E-state index contributed by atoms with van der Waals surface area (Å²) in [5, 5.41) is 3.62. The Morgan fingerprint density at radius 2 is 1.93 bits per heavy atom. The maximum Gasteiger partial charge on any atom is 0.0269 e. The molecule has 0 spiro atoms. The fraction of sp³-hybridized carbons (Fsp3) is 1.00. The SMILES string of the molecule is CC1CN(CC2CC2)C(C(C)(C)C)CN1. The molecule has 2 fully saturated rings. The third-order valence-corrected chi connectivity index (χ3v) is 3.80. The minimum atomic E-state index is 0.405. The van der Waals surface area contributed by atoms with Crippen LogP contribution in [-0.4, -0.2) is 36.6 Å². The number of nitrogens with one attached hydrogen (secondary N) is 1. The zero-order valence-electron chi connectivity index (χ0n) is 10.7. The summed E-state index contributed by atoms with van der Waals surface area (Å²) in [4.78, 5) is 2.73. The second-order valence-corrected chi connectivity index (χ2v) is 6.59. The van der Waals surface area contributed by atoms with Gasteiger partial charge in [-0.15, -0.1) is 0 Å². The average molecular weight is 210 g/mol. The molecule has 1 aliphatic heterocycles. The lowest BCUT2D eigenvalue weighted by Crippen LogP contribution is -2.60. The topological polar surface area (TPSA) is 15.3 Å². The van der Waals surface area contributed by atoms with Crippen LogP contribution in [0, 0.1) is 11.3 Å². The molecule has 0 bridgehead atoms. The quantitative estimate of drug-likeness (QED) is 0.751. The molecule has 1 aliphatic carbocycles. The van der Waals surface area contributed by atoms with Crippen molar-refractivity contribution < 1.29 is 0 Å². The van der Waals surface area contributed by atoms with Gasteiger partial charge in [0.1, 0.15) is 0 Å². The van der Waals surface area contributed by atoms with Gasteiger partial charge in [-0.3, -0.25) is 4.90 Å². The van der Waals surface area contributed by atoms with Gasteiger partial charge in [0.2, 0.25) is 0 Å². The van der Waals surface area contributed by atoms with Crippen LogP contribution >= 0.6 is 0 Å². The molecule has 0 aromatic rings. The summed E-state index contributed by atoms with van der Waals surface area (Å²) in [6.45, 7) is 13.2. The van der Waals surface area contributed by atoms with Gasteiger partial charge in [-0.1, -0.05) is 20.8 Å².